The van der Waals surface area contributed by atoms with Crippen molar-refractivity contribution in [2.75, 3.05) is 6.54 Å². The van der Waals surface area contributed by atoms with E-state index in [0.29, 0.717) is 5.71 Å². The Labute approximate surface area is 111 Å². The normalized spacial score (nSPS) is 24.8. The van der Waals surface area contributed by atoms with Crippen molar-refractivity contribution in [3.63, 3.8) is 0 Å². The van der Waals surface area contributed by atoms with Gasteiger partial charge in [0.15, 0.2) is 0 Å². The van der Waals surface area contributed by atoms with Crippen LogP contribution in [0.4, 0.5) is 0 Å². The maximum Gasteiger partial charge on any atom is 0.352 e. The lowest BCUT2D eigenvalue weighted by molar-refractivity contribution is -0.161. The zero-order chi connectivity index (χ0) is 13.5. The summed E-state index contributed by atoms with van der Waals surface area (Å²) < 4.78 is 0. The Balaban J connectivity index is 1.87. The zero-order valence-corrected chi connectivity index (χ0v) is 10.6. The summed E-state index contributed by atoms with van der Waals surface area (Å²) in [6, 6.07) is 6.18. The maximum atomic E-state index is 11.2. The molecule has 0 aromatic heterocycles. The molecule has 1 unspecified atom stereocenters. The second-order valence-electron chi connectivity index (χ2n) is 5.15. The summed E-state index contributed by atoms with van der Waals surface area (Å²) in [5.74, 6) is -1.06. The zero-order valence-electron chi connectivity index (χ0n) is 10.6. The number of carbonyl (C=O) groups is 1. The van der Waals surface area contributed by atoms with Crippen molar-refractivity contribution >= 4 is 11.7 Å². The highest BCUT2D eigenvalue weighted by atomic mass is 16.7. The summed E-state index contributed by atoms with van der Waals surface area (Å²) >= 11 is 0. The molecule has 1 atom stereocenters. The molecule has 3 N–H and O–H groups in total. The van der Waals surface area contributed by atoms with Gasteiger partial charge in [-0.1, -0.05) is 17.3 Å². The molecule has 100 valence electrons. The summed E-state index contributed by atoms with van der Waals surface area (Å²) in [7, 11) is 0. The van der Waals surface area contributed by atoms with Crippen molar-refractivity contribution in [1.29, 1.82) is 0 Å². The predicted octanol–water partition coefficient (Wildman–Crippen LogP) is 1.08. The molecule has 0 saturated heterocycles. The number of oxime groups is 1. The van der Waals surface area contributed by atoms with Gasteiger partial charge in [0.25, 0.3) is 5.60 Å². The smallest absolute Gasteiger partial charge is 0.352 e. The first-order valence-electron chi connectivity index (χ1n) is 6.45. The molecule has 19 heavy (non-hydrogen) atoms. The summed E-state index contributed by atoms with van der Waals surface area (Å²) in [6.45, 7) is -0.0831. The third-order valence-electron chi connectivity index (χ3n) is 3.93. The fourth-order valence-corrected chi connectivity index (χ4v) is 2.70. The second kappa shape index (κ2) is 4.35. The number of fused-ring (bicyclic) bond motifs is 1. The fourth-order valence-electron chi connectivity index (χ4n) is 2.70. The van der Waals surface area contributed by atoms with Crippen molar-refractivity contribution in [3.05, 3.63) is 34.9 Å². The molecule has 0 bridgehead atoms. The third kappa shape index (κ3) is 1.90. The van der Waals surface area contributed by atoms with Crippen molar-refractivity contribution in [2.24, 2.45) is 10.9 Å². The van der Waals surface area contributed by atoms with Gasteiger partial charge in [-0.2, -0.15) is 0 Å². The minimum Gasteiger partial charge on any atom is -0.478 e. The van der Waals surface area contributed by atoms with Gasteiger partial charge in [-0.15, -0.1) is 0 Å². The van der Waals surface area contributed by atoms with Gasteiger partial charge in [0.05, 0.1) is 5.71 Å². The minimum atomic E-state index is -1.39. The van der Waals surface area contributed by atoms with Crippen LogP contribution in [0.15, 0.2) is 23.4 Å². The van der Waals surface area contributed by atoms with Gasteiger partial charge in [-0.25, -0.2) is 4.79 Å². The van der Waals surface area contributed by atoms with E-state index in [1.165, 1.54) is 17.5 Å². The van der Waals surface area contributed by atoms with Crippen LogP contribution in [0.25, 0.3) is 0 Å². The third-order valence-corrected chi connectivity index (χ3v) is 3.93. The number of carboxylic acids is 1. The fraction of sp³-hybridized carbons (Fsp3) is 0.429. The van der Waals surface area contributed by atoms with Crippen molar-refractivity contribution in [2.45, 2.75) is 31.3 Å². The van der Waals surface area contributed by atoms with Crippen LogP contribution in [0.1, 0.15) is 29.5 Å². The SMILES string of the molecule is NCC1(C(=O)O)CC(c2ccc3c(c2)CCC3)=NO1. The summed E-state index contributed by atoms with van der Waals surface area (Å²) in [4.78, 5) is 16.3. The van der Waals surface area contributed by atoms with Crippen molar-refractivity contribution in [3.8, 4) is 0 Å². The van der Waals surface area contributed by atoms with Crippen LogP contribution in [0.5, 0.6) is 0 Å². The maximum absolute atomic E-state index is 11.2. The van der Waals surface area contributed by atoms with E-state index in [9.17, 15) is 9.90 Å². The van der Waals surface area contributed by atoms with Crippen LogP contribution in [0, 0.1) is 0 Å². The Kier molecular flexibility index (Phi) is 2.78. The lowest BCUT2D eigenvalue weighted by Gasteiger charge is -2.18. The number of benzene rings is 1. The Hall–Kier alpha value is -1.88. The Morgan fingerprint density at radius 3 is 2.89 bits per heavy atom. The monoisotopic (exact) mass is 260 g/mol. The molecule has 1 aliphatic heterocycles. The first-order valence-corrected chi connectivity index (χ1v) is 6.45. The molecule has 1 heterocycles. The van der Waals surface area contributed by atoms with E-state index >= 15 is 0 Å². The lowest BCUT2D eigenvalue weighted by Crippen LogP contribution is -2.45. The highest BCUT2D eigenvalue weighted by molar-refractivity contribution is 6.04. The predicted molar refractivity (Wildman–Crippen MR) is 70.1 cm³/mol. The summed E-state index contributed by atoms with van der Waals surface area (Å²) in [5.41, 5.74) is 8.45. The van der Waals surface area contributed by atoms with Gasteiger partial charge < -0.3 is 15.7 Å². The van der Waals surface area contributed by atoms with Crippen molar-refractivity contribution < 1.29 is 14.7 Å². The molecule has 0 amide bonds. The van der Waals surface area contributed by atoms with Gasteiger partial charge in [-0.3, -0.25) is 0 Å². The average molecular weight is 260 g/mol. The highest BCUT2D eigenvalue weighted by Gasteiger charge is 2.46. The molecule has 0 spiro atoms. The van der Waals surface area contributed by atoms with E-state index in [-0.39, 0.29) is 13.0 Å². The molecule has 3 rings (SSSR count). The molecule has 5 heteroatoms. The highest BCUT2D eigenvalue weighted by Crippen LogP contribution is 2.29. The van der Waals surface area contributed by atoms with E-state index < -0.39 is 11.6 Å². The van der Waals surface area contributed by atoms with Gasteiger partial charge >= 0.3 is 5.97 Å². The van der Waals surface area contributed by atoms with Crippen LogP contribution < -0.4 is 5.73 Å². The van der Waals surface area contributed by atoms with Gasteiger partial charge in [0.1, 0.15) is 0 Å². The van der Waals surface area contributed by atoms with E-state index in [1.807, 2.05) is 6.07 Å². The molecule has 1 aromatic carbocycles. The van der Waals surface area contributed by atoms with E-state index in [2.05, 4.69) is 17.3 Å². The first-order chi connectivity index (χ1) is 9.14. The number of nitrogens with zero attached hydrogens (tertiary/aromatic N) is 1. The number of rotatable bonds is 3. The van der Waals surface area contributed by atoms with Crippen LogP contribution >= 0.6 is 0 Å². The van der Waals surface area contributed by atoms with Gasteiger partial charge in [0, 0.05) is 13.0 Å². The minimum absolute atomic E-state index is 0.0831. The molecular formula is C14H16N2O3. The standard InChI is InChI=1S/C14H16N2O3/c15-8-14(13(17)18)7-12(16-19-14)11-5-4-9-2-1-3-10(9)6-11/h4-6H,1-3,7-8,15H2,(H,17,18). The molecule has 0 radical (unpaired) electrons. The van der Waals surface area contributed by atoms with Crippen LogP contribution in [0.3, 0.4) is 0 Å². The largest absolute Gasteiger partial charge is 0.478 e. The molecule has 5 nitrogen and oxygen atoms in total. The molecule has 0 saturated carbocycles. The molecule has 1 aliphatic carbocycles. The Bertz CT molecular complexity index is 568. The molecule has 1 aromatic rings. The van der Waals surface area contributed by atoms with Crippen LogP contribution in [-0.2, 0) is 22.5 Å². The Morgan fingerprint density at radius 1 is 1.42 bits per heavy atom. The Morgan fingerprint density at radius 2 is 2.21 bits per heavy atom. The van der Waals surface area contributed by atoms with Crippen molar-refractivity contribution in [1.82, 2.24) is 0 Å². The van der Waals surface area contributed by atoms with E-state index in [4.69, 9.17) is 10.6 Å². The van der Waals surface area contributed by atoms with Crippen LogP contribution in [0.2, 0.25) is 0 Å². The first kappa shape index (κ1) is 12.2. The molecular weight excluding hydrogens is 244 g/mol. The lowest BCUT2D eigenvalue weighted by atomic mass is 9.93. The molecule has 0 fully saturated rings. The number of nitrogens with two attached hydrogens (primary N) is 1. The number of aryl methyl sites for hydroxylation is 2. The number of aliphatic carboxylic acids is 1. The van der Waals surface area contributed by atoms with E-state index in [1.54, 1.807) is 0 Å². The second-order valence-corrected chi connectivity index (χ2v) is 5.15. The number of hydrogen-bond acceptors (Lipinski definition) is 4. The summed E-state index contributed by atoms with van der Waals surface area (Å²) in [5, 5.41) is 13.1. The quantitative estimate of drug-likeness (QED) is 0.851. The molecule has 2 aliphatic rings. The summed E-state index contributed by atoms with van der Waals surface area (Å²) in [6.07, 6.45) is 3.61. The van der Waals surface area contributed by atoms with Crippen LogP contribution in [-0.4, -0.2) is 28.9 Å². The van der Waals surface area contributed by atoms with E-state index in [0.717, 1.165) is 18.4 Å². The average Bonchev–Trinajstić information content (AvgIpc) is 3.05. The van der Waals surface area contributed by atoms with Gasteiger partial charge in [0.2, 0.25) is 0 Å². The topological polar surface area (TPSA) is 84.9 Å². The van der Waals surface area contributed by atoms with Gasteiger partial charge in [-0.05, 0) is 42.0 Å². The number of hydrogen-bond donors (Lipinski definition) is 2. The number of carboxylic acid groups (broad SMARTS) is 1.